The fourth-order valence-corrected chi connectivity index (χ4v) is 9.02. The van der Waals surface area contributed by atoms with Gasteiger partial charge in [0.25, 0.3) is 0 Å². The van der Waals surface area contributed by atoms with Gasteiger partial charge in [-0.05, 0) is 50.9 Å². The number of hydrogen-bond donors (Lipinski definition) is 0. The van der Waals surface area contributed by atoms with Gasteiger partial charge in [0, 0.05) is 31.0 Å². The Balaban J connectivity index is 0.000000209. The summed E-state index contributed by atoms with van der Waals surface area (Å²) in [6.45, 7) is 6.60. The number of benzene rings is 4. The first-order valence-corrected chi connectivity index (χ1v) is 23.7. The topological polar surface area (TPSA) is 25.8 Å². The molecule has 46 heavy (non-hydrogen) atoms. The maximum absolute atomic E-state index is 4.69. The number of aryl methyl sites for hydroxylation is 1. The van der Waals surface area contributed by atoms with E-state index < -0.39 is 13.3 Å². The number of pyridine rings is 2. The SMILES string of the molecule is Cc1cnc(-c2[c-]cc3c(c2)sc2c(-c4ccccc4)cccc23)cc1C(C)C.[CH3][Ge]([CH3])([CH3])[c]1ccc(-c2[c-]cccc2)nc1.[Ir]. The molecule has 0 N–H and O–H groups in total. The molecule has 0 bridgehead atoms. The van der Waals surface area contributed by atoms with Crippen molar-refractivity contribution in [3.63, 3.8) is 0 Å². The molecule has 5 heteroatoms. The third kappa shape index (κ3) is 7.42. The number of nitrogens with zero attached hydrogens (tertiary/aromatic N) is 2. The zero-order valence-corrected chi connectivity index (χ0v) is 32.5. The van der Waals surface area contributed by atoms with Crippen molar-refractivity contribution in [3.05, 3.63) is 139 Å². The predicted octanol–water partition coefficient (Wildman–Crippen LogP) is 11.1. The van der Waals surface area contributed by atoms with Crippen LogP contribution in [0.5, 0.6) is 0 Å². The Labute approximate surface area is 293 Å². The number of fused-ring (bicyclic) bond motifs is 3. The van der Waals surface area contributed by atoms with Crippen molar-refractivity contribution in [2.75, 3.05) is 0 Å². The average Bonchev–Trinajstić information content (AvgIpc) is 3.44. The van der Waals surface area contributed by atoms with Crippen molar-refractivity contribution in [2.24, 2.45) is 0 Å². The van der Waals surface area contributed by atoms with E-state index in [4.69, 9.17) is 4.98 Å². The van der Waals surface area contributed by atoms with Crippen LogP contribution in [0.25, 0.3) is 53.8 Å². The van der Waals surface area contributed by atoms with Crippen LogP contribution in [0, 0.1) is 19.1 Å². The number of aromatic nitrogens is 2. The van der Waals surface area contributed by atoms with Crippen molar-refractivity contribution in [1.29, 1.82) is 0 Å². The van der Waals surface area contributed by atoms with Crippen LogP contribution in [0.4, 0.5) is 0 Å². The summed E-state index contributed by atoms with van der Waals surface area (Å²) >= 11 is 0.142. The van der Waals surface area contributed by atoms with Gasteiger partial charge >= 0.3 is 99.8 Å². The van der Waals surface area contributed by atoms with Crippen LogP contribution in [0.3, 0.4) is 0 Å². The van der Waals surface area contributed by atoms with Crippen LogP contribution >= 0.6 is 11.3 Å². The molecular formula is C41H38GeIrN2S-2. The van der Waals surface area contributed by atoms with E-state index in [2.05, 4.69) is 134 Å². The van der Waals surface area contributed by atoms with Gasteiger partial charge in [0.15, 0.2) is 0 Å². The fourth-order valence-electron chi connectivity index (χ4n) is 5.59. The van der Waals surface area contributed by atoms with Gasteiger partial charge in [-0.15, -0.1) is 23.8 Å². The molecule has 0 aliphatic carbocycles. The van der Waals surface area contributed by atoms with E-state index in [1.807, 2.05) is 48.0 Å². The Morgan fingerprint density at radius 3 is 2.15 bits per heavy atom. The van der Waals surface area contributed by atoms with Gasteiger partial charge in [-0.2, -0.15) is 11.3 Å². The van der Waals surface area contributed by atoms with E-state index in [0.717, 1.165) is 22.5 Å². The first-order chi connectivity index (χ1) is 21.7. The van der Waals surface area contributed by atoms with Crippen molar-refractivity contribution >= 4 is 49.2 Å². The van der Waals surface area contributed by atoms with Crippen LogP contribution in [0.15, 0.2) is 116 Å². The molecule has 0 saturated heterocycles. The van der Waals surface area contributed by atoms with Gasteiger partial charge in [0.2, 0.25) is 0 Å². The molecule has 0 spiro atoms. The zero-order valence-electron chi connectivity index (χ0n) is 27.2. The summed E-state index contributed by atoms with van der Waals surface area (Å²) in [7, 11) is 0. The molecule has 233 valence electrons. The Hall–Kier alpha value is -3.41. The second-order valence-electron chi connectivity index (χ2n) is 12.8. The van der Waals surface area contributed by atoms with Gasteiger partial charge in [-0.1, -0.05) is 73.8 Å². The largest absolute Gasteiger partial charge is 0 e. The minimum Gasteiger partial charge on any atom is 0 e. The summed E-state index contributed by atoms with van der Waals surface area (Å²) < 4.78 is 4.06. The Bertz CT molecular complexity index is 2060. The molecule has 0 unspecified atom stereocenters. The van der Waals surface area contributed by atoms with E-state index in [-0.39, 0.29) is 20.1 Å². The first-order valence-electron chi connectivity index (χ1n) is 15.5. The van der Waals surface area contributed by atoms with E-state index in [9.17, 15) is 0 Å². The zero-order chi connectivity index (χ0) is 31.6. The number of thiophene rings is 1. The number of hydrogen-bond acceptors (Lipinski definition) is 3. The van der Waals surface area contributed by atoms with Gasteiger partial charge < -0.3 is 4.98 Å². The molecule has 0 amide bonds. The van der Waals surface area contributed by atoms with E-state index in [1.54, 1.807) is 0 Å². The molecule has 7 rings (SSSR count). The molecule has 0 fully saturated rings. The average molecular weight is 856 g/mol. The summed E-state index contributed by atoms with van der Waals surface area (Å²) in [5, 5.41) is 2.57. The molecule has 0 atom stereocenters. The minimum atomic E-state index is -1.72. The van der Waals surface area contributed by atoms with Gasteiger partial charge in [0.05, 0.1) is 0 Å². The second kappa shape index (κ2) is 14.6. The summed E-state index contributed by atoms with van der Waals surface area (Å²) in [6, 6.07) is 42.8. The molecule has 0 aliphatic rings. The third-order valence-corrected chi connectivity index (χ3v) is 13.6. The van der Waals surface area contributed by atoms with Crippen LogP contribution in [-0.4, -0.2) is 23.2 Å². The number of rotatable bonds is 5. The second-order valence-corrected chi connectivity index (χ2v) is 24.5. The summed E-state index contributed by atoms with van der Waals surface area (Å²) in [5.41, 5.74) is 9.29. The first kappa shape index (κ1) is 33.9. The molecule has 3 heterocycles. The molecule has 4 aromatic carbocycles. The monoisotopic (exact) mass is 857 g/mol. The molecule has 0 aliphatic heterocycles. The third-order valence-electron chi connectivity index (χ3n) is 8.17. The summed E-state index contributed by atoms with van der Waals surface area (Å²) in [6.07, 6.45) is 4.03. The molecule has 3 aromatic heterocycles. The standard InChI is InChI=1S/C27H22NS.C14H16GeN.Ir/c1-17(2)24-15-25(28-16-18(24)3)20-12-13-22-23-11-7-10-21(19-8-5-4-6-9-19)27(23)29-26(22)14-20;1-15(2,3)13-9-10-14(16-11-13)12-7-5-4-6-8-12;/h4-11,13-17H,1-3H3;4-7,9-11H,1-3H3;/q2*-1;. The minimum absolute atomic E-state index is 0. The van der Waals surface area contributed by atoms with Gasteiger partial charge in [-0.3, -0.25) is 0 Å². The van der Waals surface area contributed by atoms with Gasteiger partial charge in [0.1, 0.15) is 0 Å². The van der Waals surface area contributed by atoms with E-state index in [1.165, 1.54) is 46.8 Å². The smallest absolute Gasteiger partial charge is 0 e. The van der Waals surface area contributed by atoms with Crippen molar-refractivity contribution in [3.8, 4) is 33.6 Å². The van der Waals surface area contributed by atoms with Crippen molar-refractivity contribution < 1.29 is 20.1 Å². The summed E-state index contributed by atoms with van der Waals surface area (Å²) in [5.74, 6) is 7.63. The maximum Gasteiger partial charge on any atom is 0 e. The molecule has 7 aromatic rings. The maximum atomic E-state index is 4.69. The normalized spacial score (nSPS) is 11.3. The molecule has 0 saturated carbocycles. The summed E-state index contributed by atoms with van der Waals surface area (Å²) in [4.78, 5) is 9.22. The van der Waals surface area contributed by atoms with Crippen LogP contribution < -0.4 is 4.40 Å². The van der Waals surface area contributed by atoms with E-state index >= 15 is 0 Å². The molecular weight excluding hydrogens is 817 g/mol. The van der Waals surface area contributed by atoms with Gasteiger partial charge in [-0.25, -0.2) is 0 Å². The van der Waals surface area contributed by atoms with E-state index in [0.29, 0.717) is 5.92 Å². The van der Waals surface area contributed by atoms with Crippen LogP contribution in [0.2, 0.25) is 17.3 Å². The van der Waals surface area contributed by atoms with Crippen molar-refractivity contribution in [2.45, 2.75) is 44.0 Å². The fraction of sp³-hybridized carbons (Fsp3) is 0.171. The Kier molecular flexibility index (Phi) is 10.7. The van der Waals surface area contributed by atoms with Crippen molar-refractivity contribution in [1.82, 2.24) is 9.97 Å². The van der Waals surface area contributed by atoms with Crippen LogP contribution in [0.1, 0.15) is 30.9 Å². The predicted molar refractivity (Wildman–Crippen MR) is 197 cm³/mol. The molecule has 2 nitrogen and oxygen atoms in total. The molecule has 1 radical (unpaired) electrons. The quantitative estimate of drug-likeness (QED) is 0.127. The Morgan fingerprint density at radius 1 is 0.717 bits per heavy atom. The van der Waals surface area contributed by atoms with Crippen LogP contribution in [-0.2, 0) is 20.1 Å². The Morgan fingerprint density at radius 2 is 1.48 bits per heavy atom.